The van der Waals surface area contributed by atoms with Gasteiger partial charge in [0.15, 0.2) is 0 Å². The predicted octanol–water partition coefficient (Wildman–Crippen LogP) is 0.690. The van der Waals surface area contributed by atoms with Gasteiger partial charge in [0, 0.05) is 19.8 Å². The average Bonchev–Trinajstić information content (AvgIpc) is 2.92. The highest BCUT2D eigenvalue weighted by Gasteiger charge is 2.23. The van der Waals surface area contributed by atoms with Gasteiger partial charge in [-0.15, -0.1) is 0 Å². The highest BCUT2D eigenvalue weighted by Crippen LogP contribution is 2.28. The second-order valence-corrected chi connectivity index (χ2v) is 4.69. The Kier molecular flexibility index (Phi) is 4.54. The van der Waals surface area contributed by atoms with Crippen molar-refractivity contribution in [1.82, 2.24) is 5.32 Å². The number of carbonyl (C=O) groups excluding carboxylic acids is 1. The van der Waals surface area contributed by atoms with E-state index in [2.05, 4.69) is 5.32 Å². The minimum absolute atomic E-state index is 0.329. The standard InChI is InChI=1S/C11H21NO3/c1-11(2,14)10(13)12-6-3-7-15-8-9-4-5-9/h9,14H,3-8H2,1-2H3,(H,12,13). The first-order valence-electron chi connectivity index (χ1n) is 5.58. The highest BCUT2D eigenvalue weighted by atomic mass is 16.5. The van der Waals surface area contributed by atoms with Crippen molar-refractivity contribution in [2.75, 3.05) is 19.8 Å². The van der Waals surface area contributed by atoms with Gasteiger partial charge in [-0.3, -0.25) is 4.79 Å². The molecule has 1 amide bonds. The lowest BCUT2D eigenvalue weighted by molar-refractivity contribution is -0.136. The molecular weight excluding hydrogens is 194 g/mol. The normalized spacial score (nSPS) is 16.5. The molecular formula is C11H21NO3. The number of aliphatic hydroxyl groups is 1. The summed E-state index contributed by atoms with van der Waals surface area (Å²) in [6.07, 6.45) is 3.40. The van der Waals surface area contributed by atoms with Crippen molar-refractivity contribution < 1.29 is 14.6 Å². The van der Waals surface area contributed by atoms with Crippen LogP contribution in [0, 0.1) is 5.92 Å². The van der Waals surface area contributed by atoms with Crippen LogP contribution in [-0.4, -0.2) is 36.4 Å². The predicted molar refractivity (Wildman–Crippen MR) is 57.5 cm³/mol. The fraction of sp³-hybridized carbons (Fsp3) is 0.909. The van der Waals surface area contributed by atoms with Crippen molar-refractivity contribution in [2.45, 2.75) is 38.7 Å². The summed E-state index contributed by atoms with van der Waals surface area (Å²) >= 11 is 0. The number of amides is 1. The van der Waals surface area contributed by atoms with E-state index >= 15 is 0 Å². The molecule has 0 unspecified atom stereocenters. The molecule has 0 aromatic heterocycles. The van der Waals surface area contributed by atoms with E-state index in [1.165, 1.54) is 26.7 Å². The maximum atomic E-state index is 11.2. The second kappa shape index (κ2) is 5.47. The molecule has 0 spiro atoms. The molecule has 0 aromatic rings. The van der Waals surface area contributed by atoms with E-state index in [1.807, 2.05) is 0 Å². The summed E-state index contributed by atoms with van der Waals surface area (Å²) in [7, 11) is 0. The molecule has 1 aliphatic rings. The van der Waals surface area contributed by atoms with E-state index < -0.39 is 5.60 Å². The summed E-state index contributed by atoms with van der Waals surface area (Å²) in [5, 5.41) is 12.0. The molecule has 15 heavy (non-hydrogen) atoms. The summed E-state index contributed by atoms with van der Waals surface area (Å²) in [5.74, 6) is 0.459. The van der Waals surface area contributed by atoms with Crippen LogP contribution in [0.25, 0.3) is 0 Å². The Hall–Kier alpha value is -0.610. The smallest absolute Gasteiger partial charge is 0.251 e. The number of carbonyl (C=O) groups is 1. The van der Waals surface area contributed by atoms with E-state index in [0.717, 1.165) is 18.9 Å². The quantitative estimate of drug-likeness (QED) is 0.614. The van der Waals surface area contributed by atoms with Gasteiger partial charge in [-0.2, -0.15) is 0 Å². The third-order valence-corrected chi connectivity index (χ3v) is 2.36. The van der Waals surface area contributed by atoms with Crippen molar-refractivity contribution >= 4 is 5.91 Å². The summed E-state index contributed by atoms with van der Waals surface area (Å²) in [6.45, 7) is 5.06. The van der Waals surface area contributed by atoms with Crippen LogP contribution in [-0.2, 0) is 9.53 Å². The Bertz CT molecular complexity index is 206. The molecule has 1 aliphatic carbocycles. The minimum Gasteiger partial charge on any atom is -0.381 e. The molecule has 0 heterocycles. The lowest BCUT2D eigenvalue weighted by Gasteiger charge is -2.16. The van der Waals surface area contributed by atoms with Crippen LogP contribution >= 0.6 is 0 Å². The van der Waals surface area contributed by atoms with Crippen LogP contribution in [0.3, 0.4) is 0 Å². The Balaban J connectivity index is 1.89. The van der Waals surface area contributed by atoms with Crippen LogP contribution in [0.5, 0.6) is 0 Å². The second-order valence-electron chi connectivity index (χ2n) is 4.69. The van der Waals surface area contributed by atoms with Gasteiger partial charge in [0.05, 0.1) is 0 Å². The van der Waals surface area contributed by atoms with E-state index in [1.54, 1.807) is 0 Å². The van der Waals surface area contributed by atoms with Gasteiger partial charge < -0.3 is 15.2 Å². The Morgan fingerprint density at radius 2 is 2.20 bits per heavy atom. The highest BCUT2D eigenvalue weighted by molar-refractivity contribution is 5.83. The Morgan fingerprint density at radius 1 is 1.53 bits per heavy atom. The molecule has 88 valence electrons. The van der Waals surface area contributed by atoms with Gasteiger partial charge >= 0.3 is 0 Å². The van der Waals surface area contributed by atoms with Crippen LogP contribution in [0.2, 0.25) is 0 Å². The molecule has 0 aromatic carbocycles. The molecule has 2 N–H and O–H groups in total. The van der Waals surface area contributed by atoms with Gasteiger partial charge in [-0.1, -0.05) is 0 Å². The zero-order valence-electron chi connectivity index (χ0n) is 9.58. The molecule has 1 saturated carbocycles. The lowest BCUT2D eigenvalue weighted by Crippen LogP contribution is -2.42. The Labute approximate surface area is 91.0 Å². The number of hydrogen-bond acceptors (Lipinski definition) is 3. The first kappa shape index (κ1) is 12.5. The van der Waals surface area contributed by atoms with E-state index in [-0.39, 0.29) is 5.91 Å². The van der Waals surface area contributed by atoms with Gasteiger partial charge in [0.25, 0.3) is 5.91 Å². The molecule has 0 aliphatic heterocycles. The zero-order chi connectivity index (χ0) is 11.3. The maximum absolute atomic E-state index is 11.2. The largest absolute Gasteiger partial charge is 0.381 e. The monoisotopic (exact) mass is 215 g/mol. The average molecular weight is 215 g/mol. The molecule has 0 saturated heterocycles. The first-order valence-corrected chi connectivity index (χ1v) is 5.58. The molecule has 0 bridgehead atoms. The molecule has 1 rings (SSSR count). The number of hydrogen-bond donors (Lipinski definition) is 2. The van der Waals surface area contributed by atoms with Crippen molar-refractivity contribution in [2.24, 2.45) is 5.92 Å². The van der Waals surface area contributed by atoms with E-state index in [9.17, 15) is 9.90 Å². The van der Waals surface area contributed by atoms with Gasteiger partial charge in [-0.05, 0) is 39.0 Å². The van der Waals surface area contributed by atoms with E-state index in [4.69, 9.17) is 4.74 Å². The van der Waals surface area contributed by atoms with Crippen LogP contribution < -0.4 is 5.32 Å². The maximum Gasteiger partial charge on any atom is 0.251 e. The molecule has 1 fully saturated rings. The number of ether oxygens (including phenoxy) is 1. The van der Waals surface area contributed by atoms with Crippen molar-refractivity contribution in [3.8, 4) is 0 Å². The number of nitrogens with one attached hydrogen (secondary N) is 1. The van der Waals surface area contributed by atoms with Gasteiger partial charge in [-0.25, -0.2) is 0 Å². The summed E-state index contributed by atoms with van der Waals surface area (Å²) in [5.41, 5.74) is -1.28. The molecule has 0 radical (unpaired) electrons. The van der Waals surface area contributed by atoms with Gasteiger partial charge in [0.1, 0.15) is 5.60 Å². The fourth-order valence-corrected chi connectivity index (χ4v) is 1.13. The van der Waals surface area contributed by atoms with Crippen molar-refractivity contribution in [1.29, 1.82) is 0 Å². The van der Waals surface area contributed by atoms with Crippen LogP contribution in [0.4, 0.5) is 0 Å². The van der Waals surface area contributed by atoms with Crippen molar-refractivity contribution in [3.05, 3.63) is 0 Å². The minimum atomic E-state index is -1.28. The van der Waals surface area contributed by atoms with E-state index in [0.29, 0.717) is 13.2 Å². The summed E-state index contributed by atoms with van der Waals surface area (Å²) in [6, 6.07) is 0. The topological polar surface area (TPSA) is 58.6 Å². The SMILES string of the molecule is CC(C)(O)C(=O)NCCCOCC1CC1. The summed E-state index contributed by atoms with van der Waals surface area (Å²) in [4.78, 5) is 11.2. The number of rotatable bonds is 7. The zero-order valence-corrected chi connectivity index (χ0v) is 9.58. The van der Waals surface area contributed by atoms with Gasteiger partial charge in [0.2, 0.25) is 0 Å². The summed E-state index contributed by atoms with van der Waals surface area (Å²) < 4.78 is 5.41. The fourth-order valence-electron chi connectivity index (χ4n) is 1.13. The van der Waals surface area contributed by atoms with Crippen molar-refractivity contribution in [3.63, 3.8) is 0 Å². The molecule has 4 nitrogen and oxygen atoms in total. The molecule has 0 atom stereocenters. The van der Waals surface area contributed by atoms with Crippen LogP contribution in [0.1, 0.15) is 33.1 Å². The first-order chi connectivity index (χ1) is 7.00. The third-order valence-electron chi connectivity index (χ3n) is 2.36. The molecule has 4 heteroatoms. The third kappa shape index (κ3) is 5.74. The lowest BCUT2D eigenvalue weighted by atomic mass is 10.1. The Morgan fingerprint density at radius 3 is 2.73 bits per heavy atom. The van der Waals surface area contributed by atoms with Crippen LogP contribution in [0.15, 0.2) is 0 Å².